The van der Waals surface area contributed by atoms with Gasteiger partial charge in [-0.25, -0.2) is 0 Å². The van der Waals surface area contributed by atoms with Gasteiger partial charge in [-0.05, 0) is 14.1 Å². The van der Waals surface area contributed by atoms with Gasteiger partial charge in [-0.3, -0.25) is 14.4 Å². The predicted octanol–water partition coefficient (Wildman–Crippen LogP) is 0.591. The number of carbonyl (C=O) groups excluding carboxylic acids is 2. The lowest BCUT2D eigenvalue weighted by Gasteiger charge is -2.05. The first-order chi connectivity index (χ1) is 21.4. The second kappa shape index (κ2) is 46.2. The first kappa shape index (κ1) is 49.7. The van der Waals surface area contributed by atoms with Crippen LogP contribution >= 0.6 is 12.4 Å². The summed E-state index contributed by atoms with van der Waals surface area (Å²) in [5, 5.41) is 14.2. The number of carbonyl (C=O) groups is 3. The highest BCUT2D eigenvalue weighted by Crippen LogP contribution is 1.90. The molecule has 0 rings (SSSR count). The van der Waals surface area contributed by atoms with E-state index < -0.39 is 5.97 Å². The van der Waals surface area contributed by atoms with Crippen molar-refractivity contribution in [2.24, 2.45) is 5.73 Å². The summed E-state index contributed by atoms with van der Waals surface area (Å²) in [6.07, 6.45) is 3.64. The third-order valence-corrected chi connectivity index (χ3v) is 4.46. The van der Waals surface area contributed by atoms with Crippen molar-refractivity contribution in [1.29, 1.82) is 0 Å². The Hall–Kier alpha value is -2.18. The van der Waals surface area contributed by atoms with Crippen LogP contribution in [0.2, 0.25) is 0 Å². The van der Waals surface area contributed by atoms with Crippen LogP contribution < -0.4 is 16.4 Å². The van der Waals surface area contributed by atoms with E-state index >= 15 is 0 Å². The van der Waals surface area contributed by atoms with Crippen LogP contribution in [0.3, 0.4) is 0 Å². The smallest absolute Gasteiger partial charge is 0.308 e. The highest BCUT2D eigenvalue weighted by atomic mass is 35.5. The number of esters is 2. The van der Waals surface area contributed by atoms with E-state index in [2.05, 4.69) is 23.8 Å². The highest BCUT2D eigenvalue weighted by Gasteiger charge is 2.02. The van der Waals surface area contributed by atoms with Gasteiger partial charge in [-0.15, -0.1) is 12.4 Å². The summed E-state index contributed by atoms with van der Waals surface area (Å²) in [7, 11) is 3.72. The third kappa shape index (κ3) is 54.7. The summed E-state index contributed by atoms with van der Waals surface area (Å²) in [5.41, 5.74) is 5.22. The molecule has 0 fully saturated rings. The minimum atomic E-state index is -0.837. The predicted molar refractivity (Wildman–Crippen MR) is 173 cm³/mol. The summed E-state index contributed by atoms with van der Waals surface area (Å²) < 4.78 is 40.3. The van der Waals surface area contributed by atoms with E-state index in [9.17, 15) is 14.4 Å². The zero-order valence-corrected chi connectivity index (χ0v) is 28.0. The minimum absolute atomic E-state index is 0. The maximum Gasteiger partial charge on any atom is 0.308 e. The number of likely N-dealkylation sites (N-methyl/N-ethyl adjacent to an activating group) is 2. The van der Waals surface area contributed by atoms with Crippen LogP contribution in [0.15, 0.2) is 25.3 Å². The lowest BCUT2D eigenvalue weighted by Crippen LogP contribution is -2.16. The van der Waals surface area contributed by atoms with E-state index in [1.54, 1.807) is 0 Å². The molecule has 0 radical (unpaired) electrons. The summed E-state index contributed by atoms with van der Waals surface area (Å²) in [6, 6.07) is 0. The van der Waals surface area contributed by atoms with Crippen LogP contribution in [-0.4, -0.2) is 149 Å². The highest BCUT2D eigenvalue weighted by molar-refractivity contribution is 5.85. The second-order valence-corrected chi connectivity index (χ2v) is 8.26. The normalized spacial score (nSPS) is 9.84. The molecule has 0 aliphatic carbocycles. The van der Waals surface area contributed by atoms with Crippen LogP contribution in [-0.2, 0) is 52.3 Å². The fourth-order valence-electron chi connectivity index (χ4n) is 2.32. The first-order valence-corrected chi connectivity index (χ1v) is 14.6. The number of carboxylic acid groups (broad SMARTS) is 1. The quantitative estimate of drug-likeness (QED) is 0.0469. The van der Waals surface area contributed by atoms with Gasteiger partial charge in [0.15, 0.2) is 0 Å². The van der Waals surface area contributed by atoms with Crippen LogP contribution in [0.5, 0.6) is 0 Å². The van der Waals surface area contributed by atoms with Crippen molar-refractivity contribution in [3.8, 4) is 0 Å². The molecule has 15 nitrogen and oxygen atoms in total. The van der Waals surface area contributed by atoms with Gasteiger partial charge in [0.2, 0.25) is 0 Å². The monoisotopic (exact) mass is 675 g/mol. The van der Waals surface area contributed by atoms with Crippen LogP contribution in [0, 0.1) is 0 Å². The maximum atomic E-state index is 11.0. The Morgan fingerprint density at radius 3 is 1.24 bits per heavy atom. The second-order valence-electron chi connectivity index (χ2n) is 8.26. The molecule has 45 heavy (non-hydrogen) atoms. The fraction of sp³-hybridized carbons (Fsp3) is 0.759. The van der Waals surface area contributed by atoms with Crippen LogP contribution in [0.1, 0.15) is 19.3 Å². The number of hydrogen-bond donors (Lipinski definition) is 4. The molecule has 0 amide bonds. The number of nitrogens with two attached hydrogens (primary N) is 1. The van der Waals surface area contributed by atoms with Gasteiger partial charge >= 0.3 is 17.9 Å². The molecule has 0 aromatic rings. The molecule has 0 atom stereocenters. The van der Waals surface area contributed by atoms with Crippen molar-refractivity contribution in [2.75, 3.05) is 126 Å². The molecular formula is C29H58ClN3O12. The standard InChI is InChI=1S/C11H21NO4.C10H19NO4.C8H17NO4.ClH/c1-3-6-16-11(13)4-7-14-9-10-15-8-5-12-2;1-2-5-15-10(12)3-6-13-8-9-14-7-4-11;1-9-3-5-13-7-6-12-4-2-8(10)11;/h3,12H,1,4-10H2,2H3;2H,1,3-9,11H2;9H,2-7H2,1H3,(H,10,11);1H. The van der Waals surface area contributed by atoms with Crippen molar-refractivity contribution in [1.82, 2.24) is 10.6 Å². The lowest BCUT2D eigenvalue weighted by molar-refractivity contribution is -0.144. The van der Waals surface area contributed by atoms with Gasteiger partial charge < -0.3 is 59.4 Å². The van der Waals surface area contributed by atoms with E-state index in [4.69, 9.17) is 48.7 Å². The molecule has 0 aliphatic heterocycles. The van der Waals surface area contributed by atoms with E-state index in [0.29, 0.717) is 79.2 Å². The Kier molecular flexibility index (Phi) is 51.1. The molecule has 0 unspecified atom stereocenters. The van der Waals surface area contributed by atoms with Crippen molar-refractivity contribution in [3.63, 3.8) is 0 Å². The molecule has 0 saturated carbocycles. The number of halogens is 1. The average molecular weight is 676 g/mol. The molecule has 0 aliphatic rings. The summed E-state index contributed by atoms with van der Waals surface area (Å²) in [5.74, 6) is -1.38. The van der Waals surface area contributed by atoms with E-state index in [1.165, 1.54) is 12.2 Å². The van der Waals surface area contributed by atoms with Gasteiger partial charge in [0.1, 0.15) is 13.2 Å². The SMILES string of the molecule is C=CCOC(=O)CCOCCOCCN.C=CCOC(=O)CCOCCOCCNC.CNCCOCCOCCC(=O)O.Cl. The zero-order valence-electron chi connectivity index (χ0n) is 27.1. The third-order valence-electron chi connectivity index (χ3n) is 4.46. The summed E-state index contributed by atoms with van der Waals surface area (Å²) in [6.45, 7) is 15.3. The maximum absolute atomic E-state index is 11.0. The summed E-state index contributed by atoms with van der Waals surface area (Å²) >= 11 is 0. The number of nitrogens with one attached hydrogen (secondary N) is 2. The number of rotatable bonds is 30. The van der Waals surface area contributed by atoms with Crippen molar-refractivity contribution < 1.29 is 57.4 Å². The molecule has 5 N–H and O–H groups in total. The molecule has 0 bridgehead atoms. The summed E-state index contributed by atoms with van der Waals surface area (Å²) in [4.78, 5) is 32.0. The van der Waals surface area contributed by atoms with E-state index in [1.807, 2.05) is 14.1 Å². The first-order valence-electron chi connectivity index (χ1n) is 14.6. The Morgan fingerprint density at radius 2 is 0.933 bits per heavy atom. The minimum Gasteiger partial charge on any atom is -0.481 e. The van der Waals surface area contributed by atoms with Crippen molar-refractivity contribution >= 4 is 30.3 Å². The Bertz CT molecular complexity index is 664. The number of carboxylic acids is 1. The van der Waals surface area contributed by atoms with Crippen molar-refractivity contribution in [2.45, 2.75) is 19.3 Å². The Balaban J connectivity index is -0.000000279. The molecule has 0 aromatic carbocycles. The van der Waals surface area contributed by atoms with Gasteiger partial charge in [0.25, 0.3) is 0 Å². The topological polar surface area (TPSA) is 195 Å². The van der Waals surface area contributed by atoms with E-state index in [0.717, 1.165) is 13.1 Å². The number of ether oxygens (including phenoxy) is 8. The van der Waals surface area contributed by atoms with E-state index in [-0.39, 0.29) is 63.4 Å². The Labute approximate surface area is 274 Å². The molecular weight excluding hydrogens is 618 g/mol. The van der Waals surface area contributed by atoms with Crippen molar-refractivity contribution in [3.05, 3.63) is 25.3 Å². The van der Waals surface area contributed by atoms with Crippen LogP contribution in [0.25, 0.3) is 0 Å². The molecule has 16 heteroatoms. The lowest BCUT2D eigenvalue weighted by atomic mass is 10.5. The fourth-order valence-corrected chi connectivity index (χ4v) is 2.32. The van der Waals surface area contributed by atoms with Crippen LogP contribution in [0.4, 0.5) is 0 Å². The molecule has 268 valence electrons. The molecule has 0 saturated heterocycles. The molecule has 0 spiro atoms. The molecule has 0 heterocycles. The zero-order chi connectivity index (χ0) is 33.4. The van der Waals surface area contributed by atoms with Gasteiger partial charge in [0.05, 0.1) is 98.5 Å². The number of aliphatic carboxylic acids is 1. The largest absolute Gasteiger partial charge is 0.481 e. The average Bonchev–Trinajstić information content (AvgIpc) is 3.01. The molecule has 0 aromatic heterocycles. The Morgan fingerprint density at radius 1 is 0.600 bits per heavy atom. The van der Waals surface area contributed by atoms with Gasteiger partial charge in [0, 0.05) is 19.6 Å². The van der Waals surface area contributed by atoms with Gasteiger partial charge in [-0.1, -0.05) is 25.3 Å². The number of hydrogen-bond acceptors (Lipinski definition) is 14. The van der Waals surface area contributed by atoms with Gasteiger partial charge in [-0.2, -0.15) is 0 Å².